The fourth-order valence-corrected chi connectivity index (χ4v) is 1.57. The molecule has 1 fully saturated rings. The SMILES string of the molecule is CCn1nnc(N2C[C@@H](C(N)=O)CC2=O)n1. The first kappa shape index (κ1) is 10.5. The van der Waals surface area contributed by atoms with E-state index in [0.29, 0.717) is 6.54 Å². The second-order valence-electron chi connectivity index (χ2n) is 3.59. The van der Waals surface area contributed by atoms with Crippen LogP contribution in [0.1, 0.15) is 13.3 Å². The van der Waals surface area contributed by atoms with Crippen LogP contribution in [0.4, 0.5) is 5.95 Å². The molecule has 0 saturated carbocycles. The van der Waals surface area contributed by atoms with Gasteiger partial charge in [0.25, 0.3) is 5.95 Å². The number of nitrogens with zero attached hydrogens (tertiary/aromatic N) is 5. The van der Waals surface area contributed by atoms with Crippen LogP contribution in [-0.2, 0) is 16.1 Å². The highest BCUT2D eigenvalue weighted by atomic mass is 16.2. The molecule has 0 unspecified atom stereocenters. The summed E-state index contributed by atoms with van der Waals surface area (Å²) >= 11 is 0. The molecular weight excluding hydrogens is 212 g/mol. The molecule has 1 aromatic heterocycles. The van der Waals surface area contributed by atoms with E-state index in [-0.39, 0.29) is 24.8 Å². The Bertz CT molecular complexity index is 428. The molecule has 2 heterocycles. The number of carbonyl (C=O) groups excluding carboxylic acids is 2. The number of primary amides is 1. The molecule has 0 bridgehead atoms. The fourth-order valence-electron chi connectivity index (χ4n) is 1.57. The predicted molar refractivity (Wildman–Crippen MR) is 53.1 cm³/mol. The number of aryl methyl sites for hydroxylation is 1. The Balaban J connectivity index is 2.16. The van der Waals surface area contributed by atoms with Crippen LogP contribution in [0.25, 0.3) is 0 Å². The van der Waals surface area contributed by atoms with Gasteiger partial charge in [-0.1, -0.05) is 5.10 Å². The van der Waals surface area contributed by atoms with Gasteiger partial charge in [-0.3, -0.25) is 14.5 Å². The first-order chi connectivity index (χ1) is 7.61. The second kappa shape index (κ2) is 3.87. The number of hydrogen-bond acceptors (Lipinski definition) is 5. The van der Waals surface area contributed by atoms with E-state index < -0.39 is 11.8 Å². The zero-order valence-corrected chi connectivity index (χ0v) is 8.83. The quantitative estimate of drug-likeness (QED) is 0.674. The number of nitrogens with two attached hydrogens (primary N) is 1. The normalized spacial score (nSPS) is 20.4. The summed E-state index contributed by atoms with van der Waals surface area (Å²) in [6.45, 7) is 2.68. The summed E-state index contributed by atoms with van der Waals surface area (Å²) < 4.78 is 0. The first-order valence-corrected chi connectivity index (χ1v) is 4.99. The fraction of sp³-hybridized carbons (Fsp3) is 0.625. The molecule has 1 aliphatic rings. The summed E-state index contributed by atoms with van der Waals surface area (Å²) in [4.78, 5) is 25.3. The smallest absolute Gasteiger partial charge is 0.272 e. The number of carbonyl (C=O) groups is 2. The number of amides is 2. The van der Waals surface area contributed by atoms with Crippen LogP contribution in [0.3, 0.4) is 0 Å². The van der Waals surface area contributed by atoms with Crippen molar-refractivity contribution in [1.29, 1.82) is 0 Å². The van der Waals surface area contributed by atoms with Crippen molar-refractivity contribution in [3.63, 3.8) is 0 Å². The van der Waals surface area contributed by atoms with Crippen LogP contribution in [0, 0.1) is 5.92 Å². The van der Waals surface area contributed by atoms with Crippen molar-refractivity contribution in [3.8, 4) is 0 Å². The van der Waals surface area contributed by atoms with Crippen LogP contribution in [0.2, 0.25) is 0 Å². The Labute approximate surface area is 91.4 Å². The number of rotatable bonds is 3. The average Bonchev–Trinajstić information content (AvgIpc) is 2.83. The van der Waals surface area contributed by atoms with Crippen molar-refractivity contribution < 1.29 is 9.59 Å². The summed E-state index contributed by atoms with van der Waals surface area (Å²) in [6, 6.07) is 0. The lowest BCUT2D eigenvalue weighted by molar-refractivity contribution is -0.123. The number of hydrogen-bond donors (Lipinski definition) is 1. The molecule has 86 valence electrons. The van der Waals surface area contributed by atoms with Gasteiger partial charge in [0.15, 0.2) is 0 Å². The molecule has 2 N–H and O–H groups in total. The third kappa shape index (κ3) is 1.73. The third-order valence-electron chi connectivity index (χ3n) is 2.49. The Kier molecular flexibility index (Phi) is 2.55. The molecule has 0 spiro atoms. The largest absolute Gasteiger partial charge is 0.369 e. The molecule has 1 aliphatic heterocycles. The molecule has 16 heavy (non-hydrogen) atoms. The minimum absolute atomic E-state index is 0.121. The molecule has 0 radical (unpaired) electrons. The maximum atomic E-state index is 11.6. The zero-order chi connectivity index (χ0) is 11.7. The third-order valence-corrected chi connectivity index (χ3v) is 2.49. The molecule has 1 atom stereocenters. The van der Waals surface area contributed by atoms with Crippen LogP contribution in [-0.4, -0.2) is 38.6 Å². The predicted octanol–water partition coefficient (Wildman–Crippen LogP) is -1.47. The summed E-state index contributed by atoms with van der Waals surface area (Å²) in [5.41, 5.74) is 5.15. The zero-order valence-electron chi connectivity index (χ0n) is 8.83. The first-order valence-electron chi connectivity index (χ1n) is 4.99. The molecule has 1 aromatic rings. The van der Waals surface area contributed by atoms with Gasteiger partial charge in [0.1, 0.15) is 0 Å². The molecule has 1 saturated heterocycles. The van der Waals surface area contributed by atoms with Gasteiger partial charge in [-0.25, -0.2) is 0 Å². The molecule has 8 heteroatoms. The monoisotopic (exact) mass is 224 g/mol. The Morgan fingerprint density at radius 2 is 2.38 bits per heavy atom. The van der Waals surface area contributed by atoms with E-state index in [1.165, 1.54) is 9.70 Å². The van der Waals surface area contributed by atoms with Gasteiger partial charge in [0.05, 0.1) is 12.5 Å². The van der Waals surface area contributed by atoms with Crippen molar-refractivity contribution in [2.75, 3.05) is 11.4 Å². The van der Waals surface area contributed by atoms with E-state index in [1.807, 2.05) is 6.92 Å². The van der Waals surface area contributed by atoms with E-state index in [2.05, 4.69) is 15.4 Å². The van der Waals surface area contributed by atoms with Gasteiger partial charge in [-0.15, -0.1) is 5.10 Å². The minimum Gasteiger partial charge on any atom is -0.369 e. The van der Waals surface area contributed by atoms with Gasteiger partial charge < -0.3 is 5.73 Å². The molecule has 0 aromatic carbocycles. The highest BCUT2D eigenvalue weighted by Crippen LogP contribution is 2.20. The van der Waals surface area contributed by atoms with E-state index >= 15 is 0 Å². The highest BCUT2D eigenvalue weighted by molar-refractivity contribution is 5.98. The Morgan fingerprint density at radius 1 is 1.62 bits per heavy atom. The maximum absolute atomic E-state index is 11.6. The highest BCUT2D eigenvalue weighted by Gasteiger charge is 2.35. The number of aromatic nitrogens is 4. The van der Waals surface area contributed by atoms with Gasteiger partial charge in [0, 0.05) is 13.0 Å². The standard InChI is InChI=1S/C8H12N6O2/c1-2-14-11-8(10-12-14)13-4-5(7(9)16)3-6(13)15/h5H,2-4H2,1H3,(H2,9,16)/t5-/m0/s1. The van der Waals surface area contributed by atoms with Crippen LogP contribution in [0.15, 0.2) is 0 Å². The maximum Gasteiger partial charge on any atom is 0.272 e. The van der Waals surface area contributed by atoms with E-state index in [9.17, 15) is 9.59 Å². The van der Waals surface area contributed by atoms with Crippen LogP contribution in [0.5, 0.6) is 0 Å². The van der Waals surface area contributed by atoms with Gasteiger partial charge in [-0.05, 0) is 12.1 Å². The van der Waals surface area contributed by atoms with E-state index in [4.69, 9.17) is 5.73 Å². The molecule has 2 rings (SSSR count). The molecular formula is C8H12N6O2. The lowest BCUT2D eigenvalue weighted by Crippen LogP contribution is -2.29. The van der Waals surface area contributed by atoms with Gasteiger partial charge in [0.2, 0.25) is 11.8 Å². The minimum atomic E-state index is -0.473. The lowest BCUT2D eigenvalue weighted by Gasteiger charge is -2.09. The summed E-state index contributed by atoms with van der Waals surface area (Å²) in [6.07, 6.45) is 0.121. The van der Waals surface area contributed by atoms with E-state index in [1.54, 1.807) is 0 Å². The van der Waals surface area contributed by atoms with Crippen molar-refractivity contribution >= 4 is 17.8 Å². The summed E-state index contributed by atoms with van der Waals surface area (Å²) in [7, 11) is 0. The average molecular weight is 224 g/mol. The van der Waals surface area contributed by atoms with Crippen molar-refractivity contribution in [2.45, 2.75) is 19.9 Å². The van der Waals surface area contributed by atoms with E-state index in [0.717, 1.165) is 0 Å². The van der Waals surface area contributed by atoms with Gasteiger partial charge >= 0.3 is 0 Å². The molecule has 2 amide bonds. The number of tetrazole rings is 1. The topological polar surface area (TPSA) is 107 Å². The van der Waals surface area contributed by atoms with Crippen molar-refractivity contribution in [2.24, 2.45) is 11.7 Å². The molecule has 8 nitrogen and oxygen atoms in total. The lowest BCUT2D eigenvalue weighted by atomic mass is 10.1. The van der Waals surface area contributed by atoms with Crippen molar-refractivity contribution in [1.82, 2.24) is 20.2 Å². The van der Waals surface area contributed by atoms with Gasteiger partial charge in [-0.2, -0.15) is 4.80 Å². The number of anilines is 1. The Morgan fingerprint density at radius 3 is 2.88 bits per heavy atom. The summed E-state index contributed by atoms with van der Waals surface area (Å²) in [5.74, 6) is -0.894. The van der Waals surface area contributed by atoms with Crippen LogP contribution < -0.4 is 10.6 Å². The second-order valence-corrected chi connectivity index (χ2v) is 3.59. The van der Waals surface area contributed by atoms with Crippen LogP contribution >= 0.6 is 0 Å². The Hall–Kier alpha value is -1.99. The van der Waals surface area contributed by atoms with Crippen molar-refractivity contribution in [3.05, 3.63) is 0 Å². The summed E-state index contributed by atoms with van der Waals surface area (Å²) in [5, 5.41) is 11.5. The molecule has 0 aliphatic carbocycles.